The molecule has 0 aliphatic carbocycles. The second-order valence-corrected chi connectivity index (χ2v) is 8.48. The van der Waals surface area contributed by atoms with Crippen LogP contribution in [0.4, 0.5) is 35.2 Å². The Morgan fingerprint density at radius 2 is 1.68 bits per heavy atom. The van der Waals surface area contributed by atoms with Crippen LogP contribution in [-0.2, 0) is 6.54 Å². The van der Waals surface area contributed by atoms with Crippen molar-refractivity contribution in [3.8, 4) is 11.3 Å². The van der Waals surface area contributed by atoms with Gasteiger partial charge < -0.3 is 10.6 Å². The Balaban J connectivity index is 1.60. The minimum atomic E-state index is -0.920. The Morgan fingerprint density at radius 3 is 2.38 bits per heavy atom. The summed E-state index contributed by atoms with van der Waals surface area (Å²) in [5.74, 6) is -2.36. The molecule has 0 bridgehead atoms. The number of carbonyl (C=O) groups is 2. The third-order valence-corrected chi connectivity index (χ3v) is 5.95. The van der Waals surface area contributed by atoms with Gasteiger partial charge in [-0.05, 0) is 67.9 Å². The molecule has 7 nitrogen and oxygen atoms in total. The minimum Gasteiger partial charge on any atom is -0.333 e. The molecule has 4 aromatic rings. The van der Waals surface area contributed by atoms with Crippen molar-refractivity contribution in [3.05, 3.63) is 101 Å². The quantitative estimate of drug-likeness (QED) is 0.369. The average molecular weight is 503 g/mol. The van der Waals surface area contributed by atoms with E-state index in [-0.39, 0.29) is 18.2 Å². The minimum absolute atomic E-state index is 0.0157. The van der Waals surface area contributed by atoms with Crippen molar-refractivity contribution in [2.45, 2.75) is 20.4 Å². The average Bonchev–Trinajstić information content (AvgIpc) is 2.86. The van der Waals surface area contributed by atoms with Crippen LogP contribution in [0.5, 0.6) is 0 Å². The second kappa shape index (κ2) is 9.38. The fourth-order valence-corrected chi connectivity index (χ4v) is 4.16. The molecule has 3 amide bonds. The fourth-order valence-electron chi connectivity index (χ4n) is 4.16. The van der Waals surface area contributed by atoms with Gasteiger partial charge in [0, 0.05) is 22.4 Å². The Bertz CT molecular complexity index is 1540. The van der Waals surface area contributed by atoms with Crippen LogP contribution in [0.2, 0.25) is 0 Å². The van der Waals surface area contributed by atoms with Crippen molar-refractivity contribution >= 4 is 29.1 Å². The van der Waals surface area contributed by atoms with Crippen molar-refractivity contribution in [3.63, 3.8) is 0 Å². The van der Waals surface area contributed by atoms with Crippen molar-refractivity contribution < 1.29 is 22.8 Å². The number of fused-ring (bicyclic) bond motifs is 1. The zero-order valence-corrected chi connectivity index (χ0v) is 19.8. The highest BCUT2D eigenvalue weighted by atomic mass is 19.1. The van der Waals surface area contributed by atoms with Crippen LogP contribution in [0, 0.1) is 31.3 Å². The number of hydrogen-bond donors (Lipinski definition) is 2. The lowest BCUT2D eigenvalue weighted by atomic mass is 9.97. The number of hydrogen-bond acceptors (Lipinski definition) is 4. The van der Waals surface area contributed by atoms with Gasteiger partial charge in [0.05, 0.1) is 12.2 Å². The van der Waals surface area contributed by atoms with E-state index in [0.717, 1.165) is 22.6 Å². The number of benzene rings is 3. The third-order valence-electron chi connectivity index (χ3n) is 5.95. The number of para-hydroxylation sites is 1. The zero-order valence-electron chi connectivity index (χ0n) is 19.8. The number of aryl methyl sites for hydroxylation is 2. The first-order chi connectivity index (χ1) is 17.7. The number of urea groups is 1. The fraction of sp³-hybridized carbons (Fsp3) is 0.111. The number of rotatable bonds is 4. The van der Waals surface area contributed by atoms with E-state index in [4.69, 9.17) is 0 Å². The maximum Gasteiger partial charge on any atom is 0.328 e. The Morgan fingerprint density at radius 1 is 0.973 bits per heavy atom. The summed E-state index contributed by atoms with van der Waals surface area (Å²) in [6, 6.07) is 13.0. The van der Waals surface area contributed by atoms with Gasteiger partial charge in [-0.2, -0.15) is 0 Å². The highest BCUT2D eigenvalue weighted by molar-refractivity contribution is 6.05. The van der Waals surface area contributed by atoms with Crippen LogP contribution in [0.3, 0.4) is 0 Å². The predicted molar refractivity (Wildman–Crippen MR) is 132 cm³/mol. The monoisotopic (exact) mass is 503 g/mol. The number of nitrogens with one attached hydrogen (secondary N) is 2. The molecule has 1 aromatic heterocycles. The summed E-state index contributed by atoms with van der Waals surface area (Å²) in [5, 5.41) is 5.35. The first kappa shape index (κ1) is 24.0. The first-order valence-corrected chi connectivity index (χ1v) is 11.3. The van der Waals surface area contributed by atoms with Crippen molar-refractivity contribution in [2.75, 3.05) is 10.2 Å². The van der Waals surface area contributed by atoms with Gasteiger partial charge in [-0.15, -0.1) is 0 Å². The number of amides is 3. The SMILES string of the molecule is Cc1nc(-c2cc(C(=O)Nc3ccc(F)cc3)ccc2C)c2c(n1)N(c1c(F)cccc1F)C(=O)NC2. The molecule has 10 heteroatoms. The number of aromatic nitrogens is 2. The van der Waals surface area contributed by atoms with Crippen LogP contribution in [0.1, 0.15) is 27.3 Å². The summed E-state index contributed by atoms with van der Waals surface area (Å²) in [6.45, 7) is 3.45. The molecule has 1 aliphatic heterocycles. The second-order valence-electron chi connectivity index (χ2n) is 8.48. The first-order valence-electron chi connectivity index (χ1n) is 11.3. The van der Waals surface area contributed by atoms with E-state index in [2.05, 4.69) is 20.6 Å². The lowest BCUT2D eigenvalue weighted by Gasteiger charge is -2.30. The van der Waals surface area contributed by atoms with Crippen LogP contribution in [-0.4, -0.2) is 21.9 Å². The normalized spacial score (nSPS) is 12.7. The summed E-state index contributed by atoms with van der Waals surface area (Å²) < 4.78 is 42.5. The number of anilines is 3. The molecule has 0 saturated carbocycles. The van der Waals surface area contributed by atoms with E-state index in [1.165, 1.54) is 30.3 Å². The van der Waals surface area contributed by atoms with Crippen LogP contribution in [0.15, 0.2) is 60.7 Å². The van der Waals surface area contributed by atoms with E-state index in [1.54, 1.807) is 25.1 Å². The summed E-state index contributed by atoms with van der Waals surface area (Å²) in [6.07, 6.45) is 0. The highest BCUT2D eigenvalue weighted by Crippen LogP contribution is 2.38. The molecule has 2 N–H and O–H groups in total. The molecule has 5 rings (SSSR count). The standard InChI is InChI=1S/C27H20F3N5O2/c1-14-6-7-16(26(36)34-18-10-8-17(28)9-11-18)12-19(14)23-20-13-31-27(37)35(25(20)33-15(2)32-23)24-21(29)4-3-5-22(24)30/h3-12H,13H2,1-2H3,(H,31,37)(H,34,36). The molecule has 186 valence electrons. The van der Waals surface area contributed by atoms with Gasteiger partial charge in [-0.1, -0.05) is 12.1 Å². The molecule has 3 aromatic carbocycles. The van der Waals surface area contributed by atoms with Crippen molar-refractivity contribution in [1.82, 2.24) is 15.3 Å². The molecular formula is C27H20F3N5O2. The van der Waals surface area contributed by atoms with E-state index in [1.807, 2.05) is 6.92 Å². The third kappa shape index (κ3) is 4.49. The molecule has 0 atom stereocenters. The zero-order chi connectivity index (χ0) is 26.3. The Hall–Kier alpha value is -4.73. The Labute approximate surface area is 210 Å². The molecule has 2 heterocycles. The molecular weight excluding hydrogens is 483 g/mol. The maximum absolute atomic E-state index is 14.7. The van der Waals surface area contributed by atoms with Gasteiger partial charge in [0.2, 0.25) is 0 Å². The number of halogens is 3. The van der Waals surface area contributed by atoms with Gasteiger partial charge in [-0.25, -0.2) is 32.8 Å². The number of carbonyl (C=O) groups excluding carboxylic acids is 2. The topological polar surface area (TPSA) is 87.2 Å². The van der Waals surface area contributed by atoms with Gasteiger partial charge in [0.1, 0.15) is 29.0 Å². The molecule has 0 radical (unpaired) electrons. The molecule has 1 aliphatic rings. The smallest absolute Gasteiger partial charge is 0.328 e. The summed E-state index contributed by atoms with van der Waals surface area (Å²) in [5.41, 5.74) is 2.40. The van der Waals surface area contributed by atoms with Gasteiger partial charge in [0.15, 0.2) is 5.82 Å². The van der Waals surface area contributed by atoms with Crippen LogP contribution in [0.25, 0.3) is 11.3 Å². The largest absolute Gasteiger partial charge is 0.333 e. The lowest BCUT2D eigenvalue weighted by molar-refractivity contribution is 0.102. The van der Waals surface area contributed by atoms with E-state index >= 15 is 0 Å². The predicted octanol–water partition coefficient (Wildman–Crippen LogP) is 5.79. The molecule has 0 unspecified atom stereocenters. The van der Waals surface area contributed by atoms with Gasteiger partial charge in [0.25, 0.3) is 5.91 Å². The van der Waals surface area contributed by atoms with Crippen molar-refractivity contribution in [1.29, 1.82) is 0 Å². The van der Waals surface area contributed by atoms with Crippen LogP contribution < -0.4 is 15.5 Å². The number of nitrogens with zero attached hydrogens (tertiary/aromatic N) is 3. The van der Waals surface area contributed by atoms with E-state index < -0.39 is 35.1 Å². The van der Waals surface area contributed by atoms with Crippen LogP contribution >= 0.6 is 0 Å². The lowest BCUT2D eigenvalue weighted by Crippen LogP contribution is -2.43. The Kier molecular flexibility index (Phi) is 6.08. The summed E-state index contributed by atoms with van der Waals surface area (Å²) in [4.78, 5) is 35.5. The summed E-state index contributed by atoms with van der Waals surface area (Å²) in [7, 11) is 0. The molecule has 37 heavy (non-hydrogen) atoms. The van der Waals surface area contributed by atoms with E-state index in [0.29, 0.717) is 28.1 Å². The van der Waals surface area contributed by atoms with Crippen molar-refractivity contribution in [2.24, 2.45) is 0 Å². The van der Waals surface area contributed by atoms with Gasteiger partial charge in [-0.3, -0.25) is 4.79 Å². The maximum atomic E-state index is 14.7. The van der Waals surface area contributed by atoms with Gasteiger partial charge >= 0.3 is 6.03 Å². The van der Waals surface area contributed by atoms with E-state index in [9.17, 15) is 22.8 Å². The summed E-state index contributed by atoms with van der Waals surface area (Å²) >= 11 is 0. The molecule has 0 saturated heterocycles. The molecule has 0 spiro atoms. The molecule has 0 fully saturated rings. The highest BCUT2D eigenvalue weighted by Gasteiger charge is 2.33.